The first-order valence-electron chi connectivity index (χ1n) is 5.81. The fourth-order valence-corrected chi connectivity index (χ4v) is 2.11. The third-order valence-corrected chi connectivity index (χ3v) is 3.50. The van der Waals surface area contributed by atoms with Gasteiger partial charge in [-0.05, 0) is 12.5 Å². The van der Waals surface area contributed by atoms with E-state index in [1.807, 2.05) is 17.8 Å². The molecule has 1 N–H and O–H groups in total. The van der Waals surface area contributed by atoms with Crippen LogP contribution in [0.25, 0.3) is 0 Å². The number of nitro groups is 1. The van der Waals surface area contributed by atoms with Gasteiger partial charge in [0.05, 0.1) is 4.92 Å². The van der Waals surface area contributed by atoms with E-state index in [2.05, 4.69) is 18.8 Å². The van der Waals surface area contributed by atoms with E-state index in [0.29, 0.717) is 0 Å². The predicted molar refractivity (Wildman–Crippen MR) is 77.0 cm³/mol. The number of nitrogens with one attached hydrogen (secondary N) is 1. The topological polar surface area (TPSA) is 55.2 Å². The summed E-state index contributed by atoms with van der Waals surface area (Å²) in [4.78, 5) is 10.2. The van der Waals surface area contributed by atoms with Crippen LogP contribution in [0.3, 0.4) is 0 Å². The van der Waals surface area contributed by atoms with Crippen LogP contribution in [0.4, 0.5) is 5.69 Å². The first-order valence-corrected chi connectivity index (χ1v) is 6.97. The average Bonchev–Trinajstić information content (AvgIpc) is 2.38. The van der Waals surface area contributed by atoms with Crippen LogP contribution in [-0.4, -0.2) is 23.0 Å². The summed E-state index contributed by atoms with van der Waals surface area (Å²) in [7, 11) is 0. The Kier molecular flexibility index (Phi) is 6.46. The van der Waals surface area contributed by atoms with Gasteiger partial charge >= 0.3 is 0 Å². The third-order valence-electron chi connectivity index (χ3n) is 2.54. The Morgan fingerprint density at radius 2 is 2.17 bits per heavy atom. The highest BCUT2D eigenvalue weighted by molar-refractivity contribution is 7.99. The molecule has 0 aliphatic heterocycles. The van der Waals surface area contributed by atoms with Crippen molar-refractivity contribution >= 4 is 17.4 Å². The summed E-state index contributed by atoms with van der Waals surface area (Å²) in [6.45, 7) is 6.64. The van der Waals surface area contributed by atoms with Crippen molar-refractivity contribution in [3.05, 3.63) is 52.6 Å². The van der Waals surface area contributed by atoms with Crippen molar-refractivity contribution in [3.8, 4) is 0 Å². The molecule has 1 rings (SSSR count). The zero-order valence-electron chi connectivity index (χ0n) is 10.5. The van der Waals surface area contributed by atoms with Crippen LogP contribution in [0.5, 0.6) is 0 Å². The van der Waals surface area contributed by atoms with Gasteiger partial charge in [0.1, 0.15) is 0 Å². The molecule has 0 heterocycles. The highest BCUT2D eigenvalue weighted by atomic mass is 32.2. The molecule has 0 radical (unpaired) electrons. The Bertz CT molecular complexity index is 392. The Labute approximate surface area is 112 Å². The minimum absolute atomic E-state index is 0.132. The highest BCUT2D eigenvalue weighted by Gasteiger charge is 2.08. The van der Waals surface area contributed by atoms with Crippen LogP contribution >= 0.6 is 11.8 Å². The quantitative estimate of drug-likeness (QED) is 0.340. The van der Waals surface area contributed by atoms with Crippen LogP contribution in [0.1, 0.15) is 18.5 Å². The van der Waals surface area contributed by atoms with Crippen molar-refractivity contribution in [2.45, 2.75) is 13.0 Å². The molecular weight excluding hydrogens is 248 g/mol. The normalized spacial score (nSPS) is 12.1. The number of thioether (sulfide) groups is 1. The molecule has 1 unspecified atom stereocenters. The van der Waals surface area contributed by atoms with Crippen LogP contribution < -0.4 is 5.32 Å². The number of nitro benzene ring substituents is 1. The summed E-state index contributed by atoms with van der Waals surface area (Å²) in [6, 6.07) is 6.88. The lowest BCUT2D eigenvalue weighted by molar-refractivity contribution is -0.384. The number of rotatable bonds is 8. The lowest BCUT2D eigenvalue weighted by atomic mass is 10.1. The Morgan fingerprint density at radius 3 is 2.72 bits per heavy atom. The van der Waals surface area contributed by atoms with E-state index < -0.39 is 0 Å². The van der Waals surface area contributed by atoms with Crippen molar-refractivity contribution < 1.29 is 4.92 Å². The second kappa shape index (κ2) is 7.89. The number of nitrogens with zero attached hydrogens (tertiary/aromatic N) is 1. The molecule has 0 aliphatic carbocycles. The van der Waals surface area contributed by atoms with Crippen molar-refractivity contribution in [1.29, 1.82) is 0 Å². The van der Waals surface area contributed by atoms with Gasteiger partial charge in [0.2, 0.25) is 0 Å². The van der Waals surface area contributed by atoms with Gasteiger partial charge in [0.25, 0.3) is 5.69 Å². The van der Waals surface area contributed by atoms with Crippen molar-refractivity contribution in [1.82, 2.24) is 5.32 Å². The summed E-state index contributed by atoms with van der Waals surface area (Å²) in [5.74, 6) is 2.00. The van der Waals surface area contributed by atoms with E-state index >= 15 is 0 Å². The first kappa shape index (κ1) is 14.7. The van der Waals surface area contributed by atoms with Crippen LogP contribution in [-0.2, 0) is 0 Å². The molecule has 0 aliphatic rings. The van der Waals surface area contributed by atoms with Crippen LogP contribution in [0.15, 0.2) is 36.9 Å². The lowest BCUT2D eigenvalue weighted by Gasteiger charge is -2.13. The highest BCUT2D eigenvalue weighted by Crippen LogP contribution is 2.17. The Morgan fingerprint density at radius 1 is 1.50 bits per heavy atom. The summed E-state index contributed by atoms with van der Waals surface area (Å²) < 4.78 is 0. The van der Waals surface area contributed by atoms with E-state index in [1.54, 1.807) is 24.3 Å². The molecule has 0 saturated carbocycles. The van der Waals surface area contributed by atoms with Gasteiger partial charge in [-0.2, -0.15) is 11.8 Å². The molecule has 0 saturated heterocycles. The molecule has 98 valence electrons. The fourth-order valence-electron chi connectivity index (χ4n) is 1.52. The number of hydrogen-bond acceptors (Lipinski definition) is 4. The molecule has 0 fully saturated rings. The van der Waals surface area contributed by atoms with Crippen molar-refractivity contribution in [2.75, 3.05) is 18.1 Å². The largest absolute Gasteiger partial charge is 0.309 e. The number of hydrogen-bond donors (Lipinski definition) is 1. The van der Waals surface area contributed by atoms with Crippen LogP contribution in [0.2, 0.25) is 0 Å². The summed E-state index contributed by atoms with van der Waals surface area (Å²) in [6.07, 6.45) is 1.89. The van der Waals surface area contributed by atoms with Gasteiger partial charge in [-0.3, -0.25) is 10.1 Å². The number of benzene rings is 1. The van der Waals surface area contributed by atoms with E-state index in [-0.39, 0.29) is 16.7 Å². The van der Waals surface area contributed by atoms with Crippen molar-refractivity contribution in [2.24, 2.45) is 0 Å². The van der Waals surface area contributed by atoms with Gasteiger partial charge in [0.15, 0.2) is 0 Å². The molecule has 0 bridgehead atoms. The third kappa shape index (κ3) is 4.89. The van der Waals surface area contributed by atoms with Crippen molar-refractivity contribution in [3.63, 3.8) is 0 Å². The molecule has 4 nitrogen and oxygen atoms in total. The second-order valence-corrected chi connectivity index (χ2v) is 5.04. The molecule has 0 amide bonds. The number of non-ortho nitro benzene ring substituents is 1. The smallest absolute Gasteiger partial charge is 0.269 e. The molecule has 1 atom stereocenters. The van der Waals surface area contributed by atoms with Gasteiger partial charge in [-0.25, -0.2) is 0 Å². The minimum Gasteiger partial charge on any atom is -0.309 e. The first-order chi connectivity index (χ1) is 8.65. The Hall–Kier alpha value is -1.33. The van der Waals surface area contributed by atoms with Gasteiger partial charge in [0, 0.05) is 36.2 Å². The van der Waals surface area contributed by atoms with Crippen LogP contribution in [0, 0.1) is 10.1 Å². The fraction of sp³-hybridized carbons (Fsp3) is 0.385. The zero-order valence-corrected chi connectivity index (χ0v) is 11.3. The van der Waals surface area contributed by atoms with E-state index in [4.69, 9.17) is 0 Å². The molecule has 0 spiro atoms. The average molecular weight is 266 g/mol. The second-order valence-electron chi connectivity index (χ2n) is 3.89. The maximum atomic E-state index is 10.5. The SMILES string of the molecule is C=CCSCCNC(C)c1ccc([N+](=O)[O-])cc1. The van der Waals surface area contributed by atoms with Gasteiger partial charge in [-0.15, -0.1) is 6.58 Å². The predicted octanol–water partition coefficient (Wildman–Crippen LogP) is 3.16. The van der Waals surface area contributed by atoms with E-state index in [0.717, 1.165) is 23.6 Å². The molecule has 0 aromatic heterocycles. The molecule has 18 heavy (non-hydrogen) atoms. The monoisotopic (exact) mass is 266 g/mol. The minimum atomic E-state index is -0.381. The van der Waals surface area contributed by atoms with Gasteiger partial charge < -0.3 is 5.32 Å². The molecule has 1 aromatic rings. The summed E-state index contributed by atoms with van der Waals surface area (Å²) >= 11 is 1.83. The summed E-state index contributed by atoms with van der Waals surface area (Å²) in [5, 5.41) is 13.9. The zero-order chi connectivity index (χ0) is 13.4. The summed E-state index contributed by atoms with van der Waals surface area (Å²) in [5.41, 5.74) is 1.20. The molecule has 5 heteroatoms. The standard InChI is InChI=1S/C13H18N2O2S/c1-3-9-18-10-8-14-11(2)12-4-6-13(7-5-12)15(16)17/h3-7,11,14H,1,8-10H2,2H3. The molecular formula is C13H18N2O2S. The maximum absolute atomic E-state index is 10.5. The van der Waals surface area contributed by atoms with E-state index in [9.17, 15) is 10.1 Å². The van der Waals surface area contributed by atoms with Gasteiger partial charge in [-0.1, -0.05) is 18.2 Å². The maximum Gasteiger partial charge on any atom is 0.269 e. The van der Waals surface area contributed by atoms with E-state index in [1.165, 1.54) is 0 Å². The Balaban J connectivity index is 2.39. The lowest BCUT2D eigenvalue weighted by Crippen LogP contribution is -2.21. The molecule has 1 aromatic carbocycles.